The minimum Gasteiger partial charge on any atom is -0.335 e. The van der Waals surface area contributed by atoms with Gasteiger partial charge in [0.25, 0.3) is 11.6 Å². The summed E-state index contributed by atoms with van der Waals surface area (Å²) in [5.74, 6) is 1.66. The Kier molecular flexibility index (Phi) is 5.10. The van der Waals surface area contributed by atoms with Gasteiger partial charge in [0.1, 0.15) is 0 Å². The highest BCUT2D eigenvalue weighted by Gasteiger charge is 2.29. The second kappa shape index (κ2) is 7.57. The van der Waals surface area contributed by atoms with Crippen LogP contribution in [0, 0.1) is 0 Å². The number of hydrogen-bond donors (Lipinski definition) is 1. The van der Waals surface area contributed by atoms with E-state index in [1.807, 2.05) is 24.3 Å². The average Bonchev–Trinajstić information content (AvgIpc) is 3.28. The van der Waals surface area contributed by atoms with Crippen LogP contribution in [0.25, 0.3) is 33.9 Å². The van der Waals surface area contributed by atoms with Crippen LogP contribution in [0.5, 0.6) is 0 Å². The molecule has 150 valence electrons. The molecule has 3 aromatic heterocycles. The van der Waals surface area contributed by atoms with Gasteiger partial charge in [-0.15, -0.1) is 12.4 Å². The molecule has 0 radical (unpaired) electrons. The van der Waals surface area contributed by atoms with E-state index in [0.717, 1.165) is 46.3 Å². The van der Waals surface area contributed by atoms with E-state index in [9.17, 15) is 0 Å². The molecule has 1 aromatic carbocycles. The fourth-order valence-electron chi connectivity index (χ4n) is 3.38. The predicted octanol–water partition coefficient (Wildman–Crippen LogP) is 4.82. The zero-order valence-corrected chi connectivity index (χ0v) is 17.1. The minimum atomic E-state index is 0. The van der Waals surface area contributed by atoms with Crippen molar-refractivity contribution in [2.24, 2.45) is 5.73 Å². The van der Waals surface area contributed by atoms with Crippen molar-refractivity contribution in [2.75, 3.05) is 0 Å². The topological polar surface area (TPSA) is 104 Å². The first-order chi connectivity index (χ1) is 13.6. The van der Waals surface area contributed by atoms with E-state index in [1.54, 1.807) is 0 Å². The first-order valence-corrected chi connectivity index (χ1v) is 9.57. The molecule has 0 unspecified atom stereocenters. The lowest BCUT2D eigenvalue weighted by Gasteiger charge is -2.04. The van der Waals surface area contributed by atoms with Gasteiger partial charge in [0.2, 0.25) is 5.82 Å². The molecule has 3 heterocycles. The van der Waals surface area contributed by atoms with Crippen LogP contribution >= 0.6 is 12.4 Å². The van der Waals surface area contributed by atoms with Crippen molar-refractivity contribution in [3.8, 4) is 22.8 Å². The molecule has 0 amide bonds. The summed E-state index contributed by atoms with van der Waals surface area (Å²) >= 11 is 0. The van der Waals surface area contributed by atoms with Gasteiger partial charge in [-0.25, -0.2) is 4.98 Å². The molecular weight excluding hydrogens is 390 g/mol. The summed E-state index contributed by atoms with van der Waals surface area (Å²) in [6, 6.07) is 9.90. The van der Waals surface area contributed by atoms with Crippen LogP contribution in [-0.2, 0) is 6.54 Å². The molecule has 0 spiro atoms. The van der Waals surface area contributed by atoms with Gasteiger partial charge in [-0.3, -0.25) is 0 Å². The molecule has 0 saturated heterocycles. The smallest absolute Gasteiger partial charge is 0.259 e. The zero-order chi connectivity index (χ0) is 19.3. The number of hydrogen-bond acceptors (Lipinski definition) is 7. The predicted molar refractivity (Wildman–Crippen MR) is 112 cm³/mol. The Morgan fingerprint density at radius 2 is 1.83 bits per heavy atom. The molecule has 1 fully saturated rings. The second-order valence-electron chi connectivity index (χ2n) is 7.60. The molecule has 1 saturated carbocycles. The van der Waals surface area contributed by atoms with Crippen molar-refractivity contribution in [2.45, 2.75) is 45.1 Å². The fourth-order valence-corrected chi connectivity index (χ4v) is 3.38. The quantitative estimate of drug-likeness (QED) is 0.501. The number of rotatable bonds is 5. The summed E-state index contributed by atoms with van der Waals surface area (Å²) in [4.78, 5) is 9.33. The van der Waals surface area contributed by atoms with Crippen molar-refractivity contribution in [3.63, 3.8) is 0 Å². The molecule has 5 rings (SSSR count). The van der Waals surface area contributed by atoms with Crippen LogP contribution in [0.3, 0.4) is 0 Å². The first-order valence-electron chi connectivity index (χ1n) is 9.57. The molecule has 2 N–H and O–H groups in total. The molecule has 4 aromatic rings. The fraction of sp³-hybridized carbons (Fsp3) is 0.333. The normalized spacial score (nSPS) is 13.8. The SMILES string of the molecule is CC(C)c1noc2nc(C3CC3)cc(-c3nc(-c4ccc(CN)cc4)no3)c12.Cl. The van der Waals surface area contributed by atoms with E-state index in [2.05, 4.69) is 40.2 Å². The van der Waals surface area contributed by atoms with Crippen LogP contribution in [0.2, 0.25) is 0 Å². The lowest BCUT2D eigenvalue weighted by atomic mass is 10.0. The maximum absolute atomic E-state index is 5.67. The summed E-state index contributed by atoms with van der Waals surface area (Å²) in [6.07, 6.45) is 2.29. The Balaban J connectivity index is 0.00000205. The molecule has 7 nitrogen and oxygen atoms in total. The van der Waals surface area contributed by atoms with E-state index in [-0.39, 0.29) is 18.3 Å². The van der Waals surface area contributed by atoms with E-state index < -0.39 is 0 Å². The second-order valence-corrected chi connectivity index (χ2v) is 7.60. The van der Waals surface area contributed by atoms with E-state index >= 15 is 0 Å². The number of halogens is 1. The number of nitrogens with two attached hydrogens (primary N) is 1. The monoisotopic (exact) mass is 411 g/mol. The van der Waals surface area contributed by atoms with Crippen LogP contribution in [0.15, 0.2) is 39.4 Å². The summed E-state index contributed by atoms with van der Waals surface area (Å²) in [7, 11) is 0. The number of pyridine rings is 1. The van der Waals surface area contributed by atoms with Crippen molar-refractivity contribution < 1.29 is 9.05 Å². The summed E-state index contributed by atoms with van der Waals surface area (Å²) < 4.78 is 11.2. The Labute approximate surface area is 174 Å². The standard InChI is InChI=1S/C21H21N5O2.ClH/c1-11(2)18-17-15(9-16(13-7-8-13)23-21(17)28-25-18)20-24-19(26-27-20)14-5-3-12(10-22)4-6-14;/h3-6,9,11,13H,7-8,10,22H2,1-2H3;1H. The third kappa shape index (κ3) is 3.52. The van der Waals surface area contributed by atoms with E-state index in [4.69, 9.17) is 14.8 Å². The molecule has 0 aliphatic heterocycles. The number of nitrogens with zero attached hydrogens (tertiary/aromatic N) is 4. The van der Waals surface area contributed by atoms with E-state index in [0.29, 0.717) is 29.9 Å². The van der Waals surface area contributed by atoms with Gasteiger partial charge >= 0.3 is 0 Å². The highest BCUT2D eigenvalue weighted by Crippen LogP contribution is 2.43. The van der Waals surface area contributed by atoms with Crippen LogP contribution in [0.1, 0.15) is 55.5 Å². The molecular formula is C21H22ClN5O2. The van der Waals surface area contributed by atoms with Crippen molar-refractivity contribution in [3.05, 3.63) is 47.3 Å². The van der Waals surface area contributed by atoms with Crippen LogP contribution < -0.4 is 5.73 Å². The van der Waals surface area contributed by atoms with E-state index in [1.165, 1.54) is 0 Å². The third-order valence-electron chi connectivity index (χ3n) is 5.14. The first kappa shape index (κ1) is 19.5. The molecule has 8 heteroatoms. The van der Waals surface area contributed by atoms with Crippen molar-refractivity contribution in [1.82, 2.24) is 20.3 Å². The summed E-state index contributed by atoms with van der Waals surface area (Å²) in [5.41, 5.74) is 10.8. The van der Waals surface area contributed by atoms with Crippen LogP contribution in [0.4, 0.5) is 0 Å². The number of aromatic nitrogens is 4. The molecule has 0 bridgehead atoms. The van der Waals surface area contributed by atoms with Crippen molar-refractivity contribution >= 4 is 23.5 Å². The summed E-state index contributed by atoms with van der Waals surface area (Å²) in [6.45, 7) is 4.66. The lowest BCUT2D eigenvalue weighted by Crippen LogP contribution is -1.95. The van der Waals surface area contributed by atoms with Gasteiger partial charge in [-0.1, -0.05) is 48.4 Å². The van der Waals surface area contributed by atoms with Gasteiger partial charge < -0.3 is 14.8 Å². The zero-order valence-electron chi connectivity index (χ0n) is 16.3. The molecule has 1 aliphatic rings. The summed E-state index contributed by atoms with van der Waals surface area (Å²) in [5, 5.41) is 9.29. The van der Waals surface area contributed by atoms with Crippen molar-refractivity contribution in [1.29, 1.82) is 0 Å². The maximum Gasteiger partial charge on any atom is 0.259 e. The van der Waals surface area contributed by atoms with Gasteiger partial charge in [0, 0.05) is 23.7 Å². The molecule has 1 aliphatic carbocycles. The number of benzene rings is 1. The maximum atomic E-state index is 5.67. The van der Waals surface area contributed by atoms with Gasteiger partial charge in [-0.05, 0) is 30.4 Å². The van der Waals surface area contributed by atoms with Gasteiger partial charge in [0.15, 0.2) is 0 Å². The average molecular weight is 412 g/mol. The van der Waals surface area contributed by atoms with Crippen LogP contribution in [-0.4, -0.2) is 20.3 Å². The van der Waals surface area contributed by atoms with Gasteiger partial charge in [0.05, 0.1) is 16.6 Å². The molecule has 0 atom stereocenters. The number of fused-ring (bicyclic) bond motifs is 1. The highest BCUT2D eigenvalue weighted by molar-refractivity contribution is 5.92. The Bertz CT molecular complexity index is 1150. The highest BCUT2D eigenvalue weighted by atomic mass is 35.5. The van der Waals surface area contributed by atoms with Gasteiger partial charge in [-0.2, -0.15) is 4.98 Å². The minimum absolute atomic E-state index is 0. The third-order valence-corrected chi connectivity index (χ3v) is 5.14. The Morgan fingerprint density at radius 1 is 1.07 bits per heavy atom. The molecule has 29 heavy (non-hydrogen) atoms. The largest absolute Gasteiger partial charge is 0.335 e. The lowest BCUT2D eigenvalue weighted by molar-refractivity contribution is 0.432. The Morgan fingerprint density at radius 3 is 2.48 bits per heavy atom. The Hall–Kier alpha value is -2.77.